The lowest BCUT2D eigenvalue weighted by atomic mass is 10.1. The molecule has 0 amide bonds. The Kier molecular flexibility index (Phi) is 5.31. The summed E-state index contributed by atoms with van der Waals surface area (Å²) in [6.45, 7) is 9.27. The summed E-state index contributed by atoms with van der Waals surface area (Å²) in [6.07, 6.45) is 2.68. The Hall–Kier alpha value is -1.21. The van der Waals surface area contributed by atoms with E-state index in [-0.39, 0.29) is 0 Å². The number of aromatic nitrogens is 4. The minimum absolute atomic E-state index is 0.354. The van der Waals surface area contributed by atoms with Crippen molar-refractivity contribution in [2.24, 2.45) is 0 Å². The highest BCUT2D eigenvalue weighted by Gasteiger charge is 2.17. The first-order valence-electron chi connectivity index (χ1n) is 6.68. The molecule has 0 bridgehead atoms. The van der Waals surface area contributed by atoms with Crippen LogP contribution in [-0.2, 0) is 0 Å². The summed E-state index contributed by atoms with van der Waals surface area (Å²) in [5.41, 5.74) is 1.15. The molecule has 7 heteroatoms. The number of rotatable bonds is 6. The highest BCUT2D eigenvalue weighted by molar-refractivity contribution is 8.00. The van der Waals surface area contributed by atoms with E-state index in [0.717, 1.165) is 39.5 Å². The van der Waals surface area contributed by atoms with Gasteiger partial charge in [-0.05, 0) is 42.6 Å². The van der Waals surface area contributed by atoms with Gasteiger partial charge in [0.15, 0.2) is 4.34 Å². The summed E-state index contributed by atoms with van der Waals surface area (Å²) >= 11 is 2.97. The van der Waals surface area contributed by atoms with E-state index in [0.29, 0.717) is 5.92 Å². The first-order valence-corrected chi connectivity index (χ1v) is 8.27. The SMILES string of the molecule is CCCNc1ncnc(Sc2nc(C)ns2)c1C(C)C. The summed E-state index contributed by atoms with van der Waals surface area (Å²) in [4.78, 5) is 13.2. The molecule has 0 fully saturated rings. The fourth-order valence-electron chi connectivity index (χ4n) is 1.77. The van der Waals surface area contributed by atoms with Gasteiger partial charge in [-0.1, -0.05) is 20.8 Å². The van der Waals surface area contributed by atoms with Crippen molar-refractivity contribution in [1.82, 2.24) is 19.3 Å². The molecular formula is C13H19N5S2. The van der Waals surface area contributed by atoms with Crippen molar-refractivity contribution < 1.29 is 0 Å². The van der Waals surface area contributed by atoms with E-state index < -0.39 is 0 Å². The zero-order valence-electron chi connectivity index (χ0n) is 12.2. The molecule has 0 spiro atoms. The van der Waals surface area contributed by atoms with Crippen LogP contribution < -0.4 is 5.32 Å². The second-order valence-corrected chi connectivity index (χ2v) is 6.72. The first kappa shape index (κ1) is 15.2. The molecule has 0 aromatic carbocycles. The van der Waals surface area contributed by atoms with E-state index in [2.05, 4.69) is 45.4 Å². The molecule has 108 valence electrons. The number of nitrogens with zero attached hydrogens (tertiary/aromatic N) is 4. The lowest BCUT2D eigenvalue weighted by molar-refractivity contribution is 0.799. The quantitative estimate of drug-likeness (QED) is 0.820. The highest BCUT2D eigenvalue weighted by Crippen LogP contribution is 2.35. The lowest BCUT2D eigenvalue weighted by Gasteiger charge is -2.15. The van der Waals surface area contributed by atoms with Crippen molar-refractivity contribution >= 4 is 29.1 Å². The number of hydrogen-bond acceptors (Lipinski definition) is 7. The Balaban J connectivity index is 2.31. The first-order chi connectivity index (χ1) is 9.61. The molecule has 0 aliphatic rings. The van der Waals surface area contributed by atoms with Crippen LogP contribution in [-0.4, -0.2) is 25.9 Å². The highest BCUT2D eigenvalue weighted by atomic mass is 32.2. The fourth-order valence-corrected chi connectivity index (χ4v) is 3.57. The molecule has 5 nitrogen and oxygen atoms in total. The van der Waals surface area contributed by atoms with Crippen LogP contribution in [0.3, 0.4) is 0 Å². The average Bonchev–Trinajstić information content (AvgIpc) is 2.81. The molecule has 0 radical (unpaired) electrons. The van der Waals surface area contributed by atoms with Crippen LogP contribution in [0.1, 0.15) is 44.5 Å². The molecule has 1 N–H and O–H groups in total. The topological polar surface area (TPSA) is 63.6 Å². The zero-order chi connectivity index (χ0) is 14.5. The van der Waals surface area contributed by atoms with Crippen LogP contribution >= 0.6 is 23.3 Å². The molecule has 0 aliphatic heterocycles. The molecule has 2 heterocycles. The van der Waals surface area contributed by atoms with Gasteiger partial charge < -0.3 is 5.32 Å². The second kappa shape index (κ2) is 6.99. The summed E-state index contributed by atoms with van der Waals surface area (Å²) in [6, 6.07) is 0. The van der Waals surface area contributed by atoms with E-state index in [1.165, 1.54) is 11.5 Å². The largest absolute Gasteiger partial charge is 0.370 e. The summed E-state index contributed by atoms with van der Waals surface area (Å²) in [7, 11) is 0. The second-order valence-electron chi connectivity index (χ2n) is 4.73. The minimum atomic E-state index is 0.354. The third kappa shape index (κ3) is 3.67. The minimum Gasteiger partial charge on any atom is -0.370 e. The summed E-state index contributed by atoms with van der Waals surface area (Å²) in [5.74, 6) is 2.09. The molecule has 2 rings (SSSR count). The lowest BCUT2D eigenvalue weighted by Crippen LogP contribution is -2.08. The van der Waals surface area contributed by atoms with Crippen LogP contribution in [0.15, 0.2) is 15.7 Å². The van der Waals surface area contributed by atoms with Gasteiger partial charge in [-0.3, -0.25) is 0 Å². The summed E-state index contributed by atoms with van der Waals surface area (Å²) in [5, 5.41) is 4.34. The maximum absolute atomic E-state index is 4.42. The van der Waals surface area contributed by atoms with Crippen molar-refractivity contribution in [2.45, 2.75) is 49.4 Å². The molecule has 2 aromatic heterocycles. The maximum atomic E-state index is 4.42. The monoisotopic (exact) mass is 309 g/mol. The van der Waals surface area contributed by atoms with Crippen LogP contribution in [0.5, 0.6) is 0 Å². The van der Waals surface area contributed by atoms with E-state index in [9.17, 15) is 0 Å². The molecule has 0 unspecified atom stereocenters. The standard InChI is InChI=1S/C13H19N5S2/c1-5-6-14-11-10(8(2)3)12(16-7-15-11)19-13-17-9(4)18-20-13/h7-8H,5-6H2,1-4H3,(H,14,15,16). The molecule has 2 aromatic rings. The Labute approximate surface area is 127 Å². The third-order valence-electron chi connectivity index (χ3n) is 2.66. The normalized spacial score (nSPS) is 11.1. The van der Waals surface area contributed by atoms with Crippen molar-refractivity contribution in [2.75, 3.05) is 11.9 Å². The Morgan fingerprint density at radius 1 is 1.35 bits per heavy atom. The van der Waals surface area contributed by atoms with Gasteiger partial charge in [-0.2, -0.15) is 4.37 Å². The number of nitrogens with one attached hydrogen (secondary N) is 1. The van der Waals surface area contributed by atoms with E-state index in [1.807, 2.05) is 6.92 Å². The Bertz CT molecular complexity index is 568. The predicted molar refractivity (Wildman–Crippen MR) is 83.7 cm³/mol. The smallest absolute Gasteiger partial charge is 0.176 e. The zero-order valence-corrected chi connectivity index (χ0v) is 13.8. The van der Waals surface area contributed by atoms with Gasteiger partial charge in [-0.15, -0.1) is 0 Å². The number of aryl methyl sites for hydroxylation is 1. The van der Waals surface area contributed by atoms with E-state index >= 15 is 0 Å². The maximum Gasteiger partial charge on any atom is 0.176 e. The fraction of sp³-hybridized carbons (Fsp3) is 0.538. The molecular weight excluding hydrogens is 290 g/mol. The molecule has 0 saturated carbocycles. The average molecular weight is 309 g/mol. The summed E-state index contributed by atoms with van der Waals surface area (Å²) < 4.78 is 5.13. The van der Waals surface area contributed by atoms with Crippen molar-refractivity contribution in [3.63, 3.8) is 0 Å². The van der Waals surface area contributed by atoms with Crippen molar-refractivity contribution in [3.8, 4) is 0 Å². The third-order valence-corrected chi connectivity index (χ3v) is 4.52. The number of hydrogen-bond donors (Lipinski definition) is 1. The van der Waals surface area contributed by atoms with Gasteiger partial charge in [-0.25, -0.2) is 15.0 Å². The molecule has 0 atom stereocenters. The van der Waals surface area contributed by atoms with Gasteiger partial charge in [0, 0.05) is 12.1 Å². The van der Waals surface area contributed by atoms with Crippen LogP contribution in [0, 0.1) is 6.92 Å². The van der Waals surface area contributed by atoms with Gasteiger partial charge in [0.2, 0.25) is 0 Å². The van der Waals surface area contributed by atoms with Gasteiger partial charge in [0.05, 0.1) is 0 Å². The van der Waals surface area contributed by atoms with Crippen molar-refractivity contribution in [3.05, 3.63) is 17.7 Å². The van der Waals surface area contributed by atoms with Gasteiger partial charge >= 0.3 is 0 Å². The molecule has 0 saturated heterocycles. The van der Waals surface area contributed by atoms with Crippen LogP contribution in [0.2, 0.25) is 0 Å². The van der Waals surface area contributed by atoms with E-state index in [1.54, 1.807) is 18.1 Å². The Morgan fingerprint density at radius 3 is 2.75 bits per heavy atom. The molecule has 20 heavy (non-hydrogen) atoms. The van der Waals surface area contributed by atoms with Crippen molar-refractivity contribution in [1.29, 1.82) is 0 Å². The van der Waals surface area contributed by atoms with E-state index in [4.69, 9.17) is 0 Å². The van der Waals surface area contributed by atoms with Gasteiger partial charge in [0.1, 0.15) is 23.0 Å². The Morgan fingerprint density at radius 2 is 2.15 bits per heavy atom. The van der Waals surface area contributed by atoms with Gasteiger partial charge in [0.25, 0.3) is 0 Å². The predicted octanol–water partition coefficient (Wildman–Crippen LogP) is 3.73. The molecule has 0 aliphatic carbocycles. The van der Waals surface area contributed by atoms with Crippen LogP contribution in [0.25, 0.3) is 0 Å². The van der Waals surface area contributed by atoms with Crippen LogP contribution in [0.4, 0.5) is 5.82 Å². The number of anilines is 1.